The number of Topliss-reactive ketones (excluding diaryl/α,β-unsaturated/α-hetero) is 1. The molecule has 86 valence electrons. The molecule has 16 heavy (non-hydrogen) atoms. The maximum Gasteiger partial charge on any atom is 0.133 e. The Labute approximate surface area is 96.6 Å². The summed E-state index contributed by atoms with van der Waals surface area (Å²) in [4.78, 5) is 11.3. The molecule has 0 aromatic heterocycles. The second kappa shape index (κ2) is 4.38. The van der Waals surface area contributed by atoms with Crippen molar-refractivity contribution in [2.45, 2.75) is 38.2 Å². The number of ether oxygens (including phenoxy) is 1. The SMILES string of the molecule is COC1(c2cccc(C)c2)CCC(=O)CC1. The van der Waals surface area contributed by atoms with Crippen molar-refractivity contribution in [3.05, 3.63) is 35.4 Å². The lowest BCUT2D eigenvalue weighted by atomic mass is 9.78. The predicted molar refractivity (Wildman–Crippen MR) is 63.3 cm³/mol. The van der Waals surface area contributed by atoms with Crippen molar-refractivity contribution in [1.82, 2.24) is 0 Å². The summed E-state index contributed by atoms with van der Waals surface area (Å²) in [5, 5.41) is 0. The molecule has 0 bridgehead atoms. The molecule has 2 nitrogen and oxygen atoms in total. The zero-order valence-corrected chi connectivity index (χ0v) is 9.95. The van der Waals surface area contributed by atoms with Gasteiger partial charge < -0.3 is 4.74 Å². The van der Waals surface area contributed by atoms with Gasteiger partial charge in [0.25, 0.3) is 0 Å². The van der Waals surface area contributed by atoms with Crippen LogP contribution in [0.1, 0.15) is 36.8 Å². The van der Waals surface area contributed by atoms with Gasteiger partial charge in [0, 0.05) is 20.0 Å². The van der Waals surface area contributed by atoms with E-state index in [0.717, 1.165) is 12.8 Å². The fourth-order valence-corrected chi connectivity index (χ4v) is 2.47. The van der Waals surface area contributed by atoms with Crippen LogP contribution in [0.4, 0.5) is 0 Å². The molecule has 1 fully saturated rings. The molecular weight excluding hydrogens is 200 g/mol. The summed E-state index contributed by atoms with van der Waals surface area (Å²) in [5.74, 6) is 0.361. The minimum atomic E-state index is -0.236. The second-order valence-corrected chi connectivity index (χ2v) is 4.61. The maximum absolute atomic E-state index is 11.3. The van der Waals surface area contributed by atoms with Crippen molar-refractivity contribution in [1.29, 1.82) is 0 Å². The highest BCUT2D eigenvalue weighted by atomic mass is 16.5. The topological polar surface area (TPSA) is 26.3 Å². The van der Waals surface area contributed by atoms with Gasteiger partial charge in [0.1, 0.15) is 5.78 Å². The van der Waals surface area contributed by atoms with Gasteiger partial charge in [0.15, 0.2) is 0 Å². The summed E-state index contributed by atoms with van der Waals surface area (Å²) >= 11 is 0. The van der Waals surface area contributed by atoms with Crippen molar-refractivity contribution < 1.29 is 9.53 Å². The Hall–Kier alpha value is -1.15. The molecule has 0 spiro atoms. The van der Waals surface area contributed by atoms with E-state index in [-0.39, 0.29) is 5.60 Å². The van der Waals surface area contributed by atoms with Gasteiger partial charge >= 0.3 is 0 Å². The van der Waals surface area contributed by atoms with Crippen LogP contribution in [0.2, 0.25) is 0 Å². The van der Waals surface area contributed by atoms with Crippen LogP contribution in [-0.4, -0.2) is 12.9 Å². The van der Waals surface area contributed by atoms with Gasteiger partial charge in [-0.25, -0.2) is 0 Å². The van der Waals surface area contributed by atoms with E-state index in [1.165, 1.54) is 11.1 Å². The van der Waals surface area contributed by atoms with Crippen molar-refractivity contribution in [3.63, 3.8) is 0 Å². The lowest BCUT2D eigenvalue weighted by Gasteiger charge is -2.36. The normalized spacial score (nSPS) is 19.8. The number of aryl methyl sites for hydroxylation is 1. The predicted octanol–water partition coefficient (Wildman–Crippen LogP) is 2.98. The van der Waals surface area contributed by atoms with E-state index in [1.807, 2.05) is 0 Å². The van der Waals surface area contributed by atoms with E-state index < -0.39 is 0 Å². The summed E-state index contributed by atoms with van der Waals surface area (Å²) in [6.45, 7) is 2.08. The Bertz CT molecular complexity index is 385. The van der Waals surface area contributed by atoms with Crippen molar-refractivity contribution in [3.8, 4) is 0 Å². The maximum atomic E-state index is 11.3. The molecular formula is C14H18O2. The Morgan fingerprint density at radius 1 is 1.25 bits per heavy atom. The molecule has 0 atom stereocenters. The number of benzene rings is 1. The van der Waals surface area contributed by atoms with Crippen LogP contribution >= 0.6 is 0 Å². The first-order valence-corrected chi connectivity index (χ1v) is 5.80. The third-order valence-electron chi connectivity index (χ3n) is 3.55. The minimum Gasteiger partial charge on any atom is -0.374 e. The van der Waals surface area contributed by atoms with Gasteiger partial charge in [-0.1, -0.05) is 29.8 Å². The number of rotatable bonds is 2. The highest BCUT2D eigenvalue weighted by molar-refractivity contribution is 5.79. The highest BCUT2D eigenvalue weighted by Gasteiger charge is 2.36. The molecule has 1 aromatic rings. The summed E-state index contributed by atoms with van der Waals surface area (Å²) < 4.78 is 5.72. The first-order valence-electron chi connectivity index (χ1n) is 5.80. The molecule has 0 heterocycles. The molecule has 0 amide bonds. The molecule has 1 aromatic carbocycles. The van der Waals surface area contributed by atoms with Crippen LogP contribution in [0.3, 0.4) is 0 Å². The Balaban J connectivity index is 2.31. The minimum absolute atomic E-state index is 0.236. The Morgan fingerprint density at radius 2 is 1.94 bits per heavy atom. The largest absolute Gasteiger partial charge is 0.374 e. The number of ketones is 1. The van der Waals surface area contributed by atoms with Crippen molar-refractivity contribution in [2.75, 3.05) is 7.11 Å². The van der Waals surface area contributed by atoms with Gasteiger partial charge in [0.05, 0.1) is 5.60 Å². The number of hydrogen-bond donors (Lipinski definition) is 0. The van der Waals surface area contributed by atoms with Crippen molar-refractivity contribution >= 4 is 5.78 Å². The van der Waals surface area contributed by atoms with Crippen molar-refractivity contribution in [2.24, 2.45) is 0 Å². The monoisotopic (exact) mass is 218 g/mol. The van der Waals surface area contributed by atoms with E-state index in [0.29, 0.717) is 18.6 Å². The van der Waals surface area contributed by atoms with E-state index in [4.69, 9.17) is 4.74 Å². The molecule has 0 N–H and O–H groups in total. The summed E-state index contributed by atoms with van der Waals surface area (Å²) in [6, 6.07) is 8.41. The molecule has 0 radical (unpaired) electrons. The zero-order valence-electron chi connectivity index (χ0n) is 9.95. The molecule has 1 aliphatic carbocycles. The average molecular weight is 218 g/mol. The molecule has 0 unspecified atom stereocenters. The first-order chi connectivity index (χ1) is 7.66. The van der Waals surface area contributed by atoms with Gasteiger partial charge in [-0.15, -0.1) is 0 Å². The lowest BCUT2D eigenvalue weighted by Crippen LogP contribution is -2.33. The highest BCUT2D eigenvalue weighted by Crippen LogP contribution is 2.38. The third kappa shape index (κ3) is 2.03. The van der Waals surface area contributed by atoms with Crippen LogP contribution < -0.4 is 0 Å². The van der Waals surface area contributed by atoms with E-state index in [1.54, 1.807) is 7.11 Å². The van der Waals surface area contributed by atoms with E-state index in [9.17, 15) is 4.79 Å². The van der Waals surface area contributed by atoms with Crippen LogP contribution in [0.5, 0.6) is 0 Å². The quantitative estimate of drug-likeness (QED) is 0.762. The molecule has 0 aliphatic heterocycles. The molecule has 2 rings (SSSR count). The first kappa shape index (κ1) is 11.3. The molecule has 2 heteroatoms. The van der Waals surface area contributed by atoms with Crippen LogP contribution in [0, 0.1) is 6.92 Å². The Morgan fingerprint density at radius 3 is 2.50 bits per heavy atom. The fourth-order valence-electron chi connectivity index (χ4n) is 2.47. The Kier molecular flexibility index (Phi) is 3.10. The number of carbonyl (C=O) groups is 1. The second-order valence-electron chi connectivity index (χ2n) is 4.61. The number of carbonyl (C=O) groups excluding carboxylic acids is 1. The standard InChI is InChI=1S/C14H18O2/c1-11-4-3-5-12(10-11)14(16-2)8-6-13(15)7-9-14/h3-5,10H,6-9H2,1-2H3. The van der Waals surface area contributed by atoms with Crippen LogP contribution in [-0.2, 0) is 15.1 Å². The summed E-state index contributed by atoms with van der Waals surface area (Å²) in [7, 11) is 1.75. The zero-order chi connectivity index (χ0) is 11.6. The molecule has 0 saturated heterocycles. The average Bonchev–Trinajstić information content (AvgIpc) is 2.31. The number of methoxy groups -OCH3 is 1. The van der Waals surface area contributed by atoms with Gasteiger partial charge in [-0.3, -0.25) is 4.79 Å². The van der Waals surface area contributed by atoms with Crippen LogP contribution in [0.15, 0.2) is 24.3 Å². The van der Waals surface area contributed by atoms with Gasteiger partial charge in [-0.05, 0) is 25.3 Å². The smallest absolute Gasteiger partial charge is 0.133 e. The third-order valence-corrected chi connectivity index (χ3v) is 3.55. The lowest BCUT2D eigenvalue weighted by molar-refractivity contribution is -0.127. The van der Waals surface area contributed by atoms with E-state index >= 15 is 0 Å². The van der Waals surface area contributed by atoms with Crippen LogP contribution in [0.25, 0.3) is 0 Å². The fraction of sp³-hybridized carbons (Fsp3) is 0.500. The molecule has 1 aliphatic rings. The summed E-state index contributed by atoms with van der Waals surface area (Å²) in [5.41, 5.74) is 2.22. The van der Waals surface area contributed by atoms with Gasteiger partial charge in [0.2, 0.25) is 0 Å². The van der Waals surface area contributed by atoms with E-state index in [2.05, 4.69) is 31.2 Å². The summed E-state index contributed by atoms with van der Waals surface area (Å²) in [6.07, 6.45) is 2.90. The number of hydrogen-bond acceptors (Lipinski definition) is 2. The molecule has 1 saturated carbocycles. The van der Waals surface area contributed by atoms with Gasteiger partial charge in [-0.2, -0.15) is 0 Å².